The maximum absolute atomic E-state index is 15.7. The molecular weight excluding hydrogens is 1500 g/mol. The van der Waals surface area contributed by atoms with Crippen LogP contribution >= 0.6 is 0 Å². The molecule has 7 unspecified atom stereocenters. The van der Waals surface area contributed by atoms with Gasteiger partial charge in [-0.25, -0.2) is 0 Å². The minimum Gasteiger partial charge on any atom is -0.508 e. The van der Waals surface area contributed by atoms with E-state index in [1.807, 2.05) is 10.6 Å². The van der Waals surface area contributed by atoms with Crippen molar-refractivity contribution in [2.45, 2.75) is 201 Å². The number of amides is 10. The summed E-state index contributed by atoms with van der Waals surface area (Å²) in [5.41, 5.74) is 68.7. The second-order valence-electron chi connectivity index (χ2n) is 27.5. The zero-order chi connectivity index (χ0) is 86.9. The van der Waals surface area contributed by atoms with Crippen LogP contribution in [-0.4, -0.2) is 246 Å². The Balaban J connectivity index is 2.40. The Bertz CT molecular complexity index is 3940. The van der Waals surface area contributed by atoms with Crippen molar-refractivity contribution in [1.29, 1.82) is 0 Å². The lowest BCUT2D eigenvalue weighted by atomic mass is 9.86. The monoisotopic (exact) mass is 1610 g/mol. The van der Waals surface area contributed by atoms with Crippen molar-refractivity contribution >= 4 is 105 Å². The van der Waals surface area contributed by atoms with E-state index in [0.29, 0.717) is 18.1 Å². The van der Waals surface area contributed by atoms with E-state index >= 15 is 28.8 Å². The summed E-state index contributed by atoms with van der Waals surface area (Å²) >= 11 is 0. The van der Waals surface area contributed by atoms with Crippen molar-refractivity contribution in [3.8, 4) is 5.75 Å². The molecule has 0 saturated carbocycles. The molecule has 43 nitrogen and oxygen atoms in total. The van der Waals surface area contributed by atoms with Gasteiger partial charge in [0.1, 0.15) is 30.4 Å². The van der Waals surface area contributed by atoms with Crippen LogP contribution in [0.1, 0.15) is 89.3 Å². The molecule has 115 heavy (non-hydrogen) atoms. The number of hydrogen-bond donors (Lipinski definition) is 25. The molecule has 37 N–H and O–H groups in total. The number of primary amides is 2. The lowest BCUT2D eigenvalue weighted by Gasteiger charge is -2.34. The maximum Gasteiger partial charge on any atom is 0.254 e. The Morgan fingerprint density at radius 1 is 0.400 bits per heavy atom. The third-order valence-electron chi connectivity index (χ3n) is 18.2. The van der Waals surface area contributed by atoms with Crippen molar-refractivity contribution in [2.75, 3.05) is 27.2 Å². The van der Waals surface area contributed by atoms with Gasteiger partial charge in [-0.1, -0.05) is 72.8 Å². The van der Waals surface area contributed by atoms with Gasteiger partial charge in [-0.05, 0) is 122 Å². The zero-order valence-electron chi connectivity index (χ0n) is 64.6. The molecule has 3 aromatic rings. The SMILES string of the molecule is CN[C@@H](C)C(=O)CC(NC(=O)C(NC(=O)C(NC(C)=O)C(=O)[C@@H](N)Cc1ccccc1)C(=O)[C@@H](N)CC(N)=O)C(=O)N[C@](C)(C(=O)NC(C(=O)NC(CC(=O)[C@H](C)NC)C(=O)NC(C(=O)NC(C(N)=O)C(=O)[C@@H](N)CCCNC(N)N)C(=O)[C@@H](N)CCCNC(N)N)C(=O)[C@@H](N)Cc1ccc(O)cc1)C(=O)[C@@H](N)Cc1ccccc1. The highest BCUT2D eigenvalue weighted by molar-refractivity contribution is 6.20. The predicted octanol–water partition coefficient (Wildman–Crippen LogP) is -12.3. The Kier molecular flexibility index (Phi) is 40.6. The second-order valence-corrected chi connectivity index (χ2v) is 27.5. The number of ketones is 8. The molecule has 0 saturated heterocycles. The van der Waals surface area contributed by atoms with E-state index in [2.05, 4.69) is 53.2 Å². The smallest absolute Gasteiger partial charge is 0.254 e. The van der Waals surface area contributed by atoms with Gasteiger partial charge < -0.3 is 127 Å². The highest BCUT2D eigenvalue weighted by Gasteiger charge is 2.50. The number of nitrogens with two attached hydrogens (primary N) is 12. The van der Waals surface area contributed by atoms with Crippen LogP contribution < -0.4 is 133 Å². The normalized spacial score (nSPS) is 15.8. The van der Waals surface area contributed by atoms with Crippen LogP contribution in [0.2, 0.25) is 0 Å². The second kappa shape index (κ2) is 47.6. The summed E-state index contributed by atoms with van der Waals surface area (Å²) in [4.78, 5) is 258. The van der Waals surface area contributed by atoms with Crippen LogP contribution in [-0.2, 0) is 106 Å². The number of Topliss-reactive ketones (excluding diaryl/α,β-unsaturated/α-hetero) is 8. The lowest BCUT2D eigenvalue weighted by molar-refractivity contribution is -0.146. The molecule has 0 spiro atoms. The fraction of sp³-hybridized carbons (Fsp3) is 0.500. The van der Waals surface area contributed by atoms with Gasteiger partial charge in [0.15, 0.2) is 82.0 Å². The largest absolute Gasteiger partial charge is 0.508 e. The van der Waals surface area contributed by atoms with Crippen LogP contribution in [0.4, 0.5) is 0 Å². The summed E-state index contributed by atoms with van der Waals surface area (Å²) in [5.74, 6) is -26.0. The van der Waals surface area contributed by atoms with Crippen LogP contribution in [0.15, 0.2) is 84.9 Å². The van der Waals surface area contributed by atoms with E-state index in [-0.39, 0.29) is 56.5 Å². The van der Waals surface area contributed by atoms with Gasteiger partial charge in [0.25, 0.3) is 29.5 Å². The third-order valence-corrected chi connectivity index (χ3v) is 18.2. The van der Waals surface area contributed by atoms with Gasteiger partial charge >= 0.3 is 0 Å². The highest BCUT2D eigenvalue weighted by Crippen LogP contribution is 2.18. The number of phenolic OH excluding ortho intramolecular Hbond substituents is 1. The number of carbonyl (C=O) groups is 18. The Morgan fingerprint density at radius 3 is 1.15 bits per heavy atom. The van der Waals surface area contributed by atoms with Gasteiger partial charge in [0.05, 0.1) is 48.3 Å². The minimum atomic E-state index is -3.28. The average molecular weight is 1620 g/mol. The molecule has 0 aliphatic rings. The average Bonchev–Trinajstić information content (AvgIpc) is 0.784. The van der Waals surface area contributed by atoms with Crippen LogP contribution in [0.5, 0.6) is 5.75 Å². The fourth-order valence-corrected chi connectivity index (χ4v) is 11.2. The van der Waals surface area contributed by atoms with Gasteiger partial charge in [0, 0.05) is 26.2 Å². The van der Waals surface area contributed by atoms with E-state index in [0.717, 1.165) is 6.92 Å². The summed E-state index contributed by atoms with van der Waals surface area (Å²) in [5, 5.41) is 37.4. The maximum atomic E-state index is 15.7. The highest BCUT2D eigenvalue weighted by atomic mass is 16.3. The molecule has 16 atom stereocenters. The van der Waals surface area contributed by atoms with Crippen molar-refractivity contribution in [3.63, 3.8) is 0 Å². The van der Waals surface area contributed by atoms with Gasteiger partial charge in [-0.2, -0.15) is 0 Å². The molecule has 0 bridgehead atoms. The summed E-state index contributed by atoms with van der Waals surface area (Å²) in [7, 11) is 2.62. The first-order valence-electron chi connectivity index (χ1n) is 36.4. The Labute approximate surface area is 662 Å². The fourth-order valence-electron chi connectivity index (χ4n) is 11.2. The molecule has 0 heterocycles. The molecule has 0 aliphatic heterocycles. The summed E-state index contributed by atoms with van der Waals surface area (Å²) in [6.45, 7) is 4.34. The molecule has 0 radical (unpaired) electrons. The van der Waals surface area contributed by atoms with Crippen molar-refractivity contribution in [2.24, 2.45) is 68.8 Å². The predicted molar refractivity (Wildman–Crippen MR) is 414 cm³/mol. The Morgan fingerprint density at radius 2 is 0.748 bits per heavy atom. The third kappa shape index (κ3) is 31.7. The number of nitrogens with one attached hydrogen (secondary N) is 12. The molecule has 3 aromatic carbocycles. The molecule has 0 fully saturated rings. The van der Waals surface area contributed by atoms with E-state index in [9.17, 15) is 62.6 Å². The molecule has 0 aromatic heterocycles. The molecule has 0 aliphatic carbocycles. The van der Waals surface area contributed by atoms with Crippen molar-refractivity contribution in [3.05, 3.63) is 102 Å². The van der Waals surface area contributed by atoms with E-state index in [4.69, 9.17) is 68.8 Å². The standard InChI is InChI=1S/C72H110N24O19/c1-33(85-5)48(99)31-46(63(109)93-53(57(103)41(74)20-14-26-88-71(83)84)68(114)92-51(62(80)108)56(102)40(73)19-13-25-87-70(81)82)90-66(112)55(59(105)43(76)28-38-21-23-39(98)24-22-38)95-69(115)72(4,61(107)45(78)29-37-17-11-8-12-18-37)96-64(110)47(32-49(100)34(2)86-6)91-65(111)54(60(106)44(77)30-50(79)101)94-67(113)52(89-35(3)97)58(104)42(75)27-36-15-9-7-10-16-36/h7-12,15-18,21-24,33-34,40-47,51-55,70-71,85-88,98H,13-14,19-20,25-32,73-78,81-84H2,1-6H3,(H2,79,101)(H2,80,108)(H,89,97)(H,90,112)(H,91,111)(H,92,114)(H,93,109)(H,94,113)(H,95,115)(H,96,110)/t33-,34-,40-,41-,42-,43-,44-,45-,46?,47?,51?,52?,53?,54?,55?,72-/m0/s1. The Hall–Kier alpha value is -11.0. The summed E-state index contributed by atoms with van der Waals surface area (Å²) < 4.78 is 0. The molecule has 632 valence electrons. The van der Waals surface area contributed by atoms with E-state index in [1.54, 1.807) is 48.5 Å². The van der Waals surface area contributed by atoms with Crippen molar-refractivity contribution in [1.82, 2.24) is 63.8 Å². The van der Waals surface area contributed by atoms with Gasteiger partial charge in [0.2, 0.25) is 29.5 Å². The van der Waals surface area contributed by atoms with Crippen LogP contribution in [0.3, 0.4) is 0 Å². The number of aromatic hydroxyl groups is 1. The molecule has 10 amide bonds. The number of hydrogen-bond acceptors (Lipinski definition) is 33. The quantitative estimate of drug-likeness (QED) is 0.0142. The first-order chi connectivity index (χ1) is 53.9. The zero-order valence-corrected chi connectivity index (χ0v) is 64.6. The number of rotatable bonds is 54. The number of likely N-dealkylation sites (N-methyl/N-ethyl adjacent to an activating group) is 2. The number of phenols is 1. The number of carbonyl (C=O) groups excluding carboxylic acids is 18. The first kappa shape index (κ1) is 98.2. The minimum absolute atomic E-state index is 0.0216. The molecule has 43 heteroatoms. The van der Waals surface area contributed by atoms with Gasteiger partial charge in [-0.3, -0.25) is 96.9 Å². The number of benzene rings is 3. The topological polar surface area (TPSA) is 784 Å². The van der Waals surface area contributed by atoms with Crippen LogP contribution in [0.25, 0.3) is 0 Å². The van der Waals surface area contributed by atoms with Crippen LogP contribution in [0, 0.1) is 0 Å². The lowest BCUT2D eigenvalue weighted by Crippen LogP contribution is -2.71. The summed E-state index contributed by atoms with van der Waals surface area (Å²) in [6.07, 6.45) is -6.78. The van der Waals surface area contributed by atoms with Gasteiger partial charge in [-0.15, -0.1) is 0 Å². The molecular formula is C72H110N24O19. The molecule has 3 rings (SSSR count). The van der Waals surface area contributed by atoms with E-state index < -0.39 is 246 Å². The first-order valence-corrected chi connectivity index (χ1v) is 36.4. The van der Waals surface area contributed by atoms with E-state index in [1.165, 1.54) is 64.3 Å². The van der Waals surface area contributed by atoms with Crippen molar-refractivity contribution < 1.29 is 91.4 Å². The summed E-state index contributed by atoms with van der Waals surface area (Å²) in [6, 6.07) is -9.76.